The van der Waals surface area contributed by atoms with Crippen molar-refractivity contribution in [1.29, 1.82) is 0 Å². The molecule has 2 rings (SSSR count). The summed E-state index contributed by atoms with van der Waals surface area (Å²) in [6.07, 6.45) is 0.514. The molecule has 0 saturated heterocycles. The van der Waals surface area contributed by atoms with E-state index in [4.69, 9.17) is 15.0 Å². The molecule has 1 aromatic carbocycles. The van der Waals surface area contributed by atoms with Gasteiger partial charge >= 0.3 is 5.97 Å². The first-order valence-electron chi connectivity index (χ1n) is 7.24. The second-order valence-corrected chi connectivity index (χ2v) is 4.98. The van der Waals surface area contributed by atoms with Crippen LogP contribution >= 0.6 is 0 Å². The van der Waals surface area contributed by atoms with Crippen LogP contribution in [0.3, 0.4) is 0 Å². The lowest BCUT2D eigenvalue weighted by Gasteiger charge is -2.07. The molecule has 0 fully saturated rings. The SMILES string of the molecule is CCc1noc(C)c1C(=O)OCC(=O)Nc1ccc(C(N)=O)cc1. The van der Waals surface area contributed by atoms with Crippen LogP contribution in [0.25, 0.3) is 0 Å². The number of nitrogens with one attached hydrogen (secondary N) is 1. The Morgan fingerprint density at radius 2 is 1.92 bits per heavy atom. The van der Waals surface area contributed by atoms with Gasteiger partial charge in [0.2, 0.25) is 5.91 Å². The highest BCUT2D eigenvalue weighted by molar-refractivity contribution is 5.97. The third kappa shape index (κ3) is 3.97. The summed E-state index contributed by atoms with van der Waals surface area (Å²) in [6, 6.07) is 6.02. The van der Waals surface area contributed by atoms with Gasteiger partial charge in [0.05, 0.1) is 5.69 Å². The number of nitrogens with zero attached hydrogens (tertiary/aromatic N) is 1. The second kappa shape index (κ2) is 7.40. The Morgan fingerprint density at radius 3 is 2.50 bits per heavy atom. The van der Waals surface area contributed by atoms with Gasteiger partial charge in [-0.25, -0.2) is 4.79 Å². The number of aromatic nitrogens is 1. The molecule has 0 radical (unpaired) electrons. The lowest BCUT2D eigenvalue weighted by molar-refractivity contribution is -0.119. The van der Waals surface area contributed by atoms with Crippen LogP contribution in [0.4, 0.5) is 5.69 Å². The van der Waals surface area contributed by atoms with E-state index in [1.54, 1.807) is 6.92 Å². The number of nitrogens with two attached hydrogens (primary N) is 1. The lowest BCUT2D eigenvalue weighted by Crippen LogP contribution is -2.21. The van der Waals surface area contributed by atoms with Crippen LogP contribution in [0.1, 0.15) is 39.1 Å². The highest BCUT2D eigenvalue weighted by Crippen LogP contribution is 2.15. The molecule has 0 bridgehead atoms. The zero-order valence-electron chi connectivity index (χ0n) is 13.3. The molecule has 0 aliphatic rings. The summed E-state index contributed by atoms with van der Waals surface area (Å²) >= 11 is 0. The first-order valence-corrected chi connectivity index (χ1v) is 7.24. The van der Waals surface area contributed by atoms with Gasteiger partial charge in [-0.1, -0.05) is 12.1 Å². The maximum atomic E-state index is 12.0. The molecule has 0 saturated carbocycles. The third-order valence-electron chi connectivity index (χ3n) is 3.26. The van der Waals surface area contributed by atoms with Crippen molar-refractivity contribution < 1.29 is 23.6 Å². The van der Waals surface area contributed by atoms with Crippen molar-refractivity contribution in [3.8, 4) is 0 Å². The quantitative estimate of drug-likeness (QED) is 0.772. The van der Waals surface area contributed by atoms with Gasteiger partial charge in [0.25, 0.3) is 5.91 Å². The Kier molecular flexibility index (Phi) is 5.31. The summed E-state index contributed by atoms with van der Waals surface area (Å²) in [5, 5.41) is 6.30. The molecule has 1 aromatic heterocycles. The first-order chi connectivity index (χ1) is 11.4. The van der Waals surface area contributed by atoms with Crippen LogP contribution in [0.15, 0.2) is 28.8 Å². The monoisotopic (exact) mass is 331 g/mol. The number of esters is 1. The average molecular weight is 331 g/mol. The van der Waals surface area contributed by atoms with E-state index in [-0.39, 0.29) is 5.56 Å². The molecule has 0 aliphatic heterocycles. The fourth-order valence-electron chi connectivity index (χ4n) is 2.04. The Morgan fingerprint density at radius 1 is 1.25 bits per heavy atom. The van der Waals surface area contributed by atoms with E-state index in [1.807, 2.05) is 6.92 Å². The van der Waals surface area contributed by atoms with Gasteiger partial charge in [0.15, 0.2) is 6.61 Å². The van der Waals surface area contributed by atoms with Gasteiger partial charge in [0.1, 0.15) is 11.3 Å². The summed E-state index contributed by atoms with van der Waals surface area (Å²) in [5.41, 5.74) is 6.65. The molecule has 0 unspecified atom stereocenters. The predicted molar refractivity (Wildman–Crippen MR) is 84.5 cm³/mol. The van der Waals surface area contributed by atoms with Gasteiger partial charge in [-0.05, 0) is 37.6 Å². The normalized spacial score (nSPS) is 10.2. The first kappa shape index (κ1) is 17.2. The Labute approximate surface area is 137 Å². The number of hydrogen-bond acceptors (Lipinski definition) is 6. The number of hydrogen-bond donors (Lipinski definition) is 2. The number of carbonyl (C=O) groups is 3. The number of aryl methyl sites for hydroxylation is 2. The third-order valence-corrected chi connectivity index (χ3v) is 3.26. The molecule has 0 spiro atoms. The molecule has 1 heterocycles. The van der Waals surface area contributed by atoms with E-state index >= 15 is 0 Å². The maximum Gasteiger partial charge on any atom is 0.344 e. The number of rotatable bonds is 6. The Hall–Kier alpha value is -3.16. The van der Waals surface area contributed by atoms with Crippen LogP contribution in [0.5, 0.6) is 0 Å². The van der Waals surface area contributed by atoms with Gasteiger partial charge < -0.3 is 20.3 Å². The molecular weight excluding hydrogens is 314 g/mol. The van der Waals surface area contributed by atoms with Crippen LogP contribution in [-0.4, -0.2) is 29.5 Å². The molecule has 0 atom stereocenters. The van der Waals surface area contributed by atoms with Crippen molar-refractivity contribution in [2.24, 2.45) is 5.73 Å². The Bertz CT molecular complexity index is 765. The van der Waals surface area contributed by atoms with Crippen molar-refractivity contribution >= 4 is 23.5 Å². The summed E-state index contributed by atoms with van der Waals surface area (Å²) in [5.74, 6) is -1.39. The summed E-state index contributed by atoms with van der Waals surface area (Å²) in [4.78, 5) is 34.8. The van der Waals surface area contributed by atoms with E-state index in [9.17, 15) is 14.4 Å². The molecule has 126 valence electrons. The van der Waals surface area contributed by atoms with E-state index < -0.39 is 24.4 Å². The van der Waals surface area contributed by atoms with Crippen molar-refractivity contribution in [2.45, 2.75) is 20.3 Å². The van der Waals surface area contributed by atoms with Crippen LogP contribution in [0, 0.1) is 6.92 Å². The highest BCUT2D eigenvalue weighted by atomic mass is 16.5. The molecule has 2 amide bonds. The average Bonchev–Trinajstić information content (AvgIpc) is 2.94. The Balaban J connectivity index is 1.92. The van der Waals surface area contributed by atoms with Crippen LogP contribution in [0.2, 0.25) is 0 Å². The van der Waals surface area contributed by atoms with Gasteiger partial charge in [-0.3, -0.25) is 9.59 Å². The van der Waals surface area contributed by atoms with Gasteiger partial charge in [-0.2, -0.15) is 0 Å². The number of primary amides is 1. The van der Waals surface area contributed by atoms with Crippen molar-refractivity contribution in [3.05, 3.63) is 46.8 Å². The minimum Gasteiger partial charge on any atom is -0.452 e. The number of carbonyl (C=O) groups excluding carboxylic acids is 3. The van der Waals surface area contributed by atoms with E-state index in [1.165, 1.54) is 24.3 Å². The summed E-state index contributed by atoms with van der Waals surface area (Å²) < 4.78 is 9.93. The number of benzene rings is 1. The lowest BCUT2D eigenvalue weighted by atomic mass is 10.1. The maximum absolute atomic E-state index is 12.0. The number of ether oxygens (including phenoxy) is 1. The predicted octanol–water partition coefficient (Wildman–Crippen LogP) is 1.44. The molecule has 8 heteroatoms. The minimum absolute atomic E-state index is 0.246. The largest absolute Gasteiger partial charge is 0.452 e. The topological polar surface area (TPSA) is 125 Å². The highest BCUT2D eigenvalue weighted by Gasteiger charge is 2.21. The zero-order valence-corrected chi connectivity index (χ0v) is 13.3. The molecule has 0 aliphatic carbocycles. The number of anilines is 1. The summed E-state index contributed by atoms with van der Waals surface area (Å²) in [7, 11) is 0. The second-order valence-electron chi connectivity index (χ2n) is 4.98. The fraction of sp³-hybridized carbons (Fsp3) is 0.250. The molecular formula is C16H17N3O5. The van der Waals surface area contributed by atoms with Crippen molar-refractivity contribution in [1.82, 2.24) is 5.16 Å². The number of amides is 2. The molecule has 2 aromatic rings. The smallest absolute Gasteiger partial charge is 0.344 e. The van der Waals surface area contributed by atoms with E-state index in [2.05, 4.69) is 10.5 Å². The van der Waals surface area contributed by atoms with E-state index in [0.717, 1.165) is 0 Å². The standard InChI is InChI=1S/C16H17N3O5/c1-3-12-14(9(2)24-19-12)16(22)23-8-13(20)18-11-6-4-10(5-7-11)15(17)21/h4-7H,3,8H2,1-2H3,(H2,17,21)(H,18,20). The van der Waals surface area contributed by atoms with Gasteiger partial charge in [-0.15, -0.1) is 0 Å². The van der Waals surface area contributed by atoms with Crippen LogP contribution in [-0.2, 0) is 16.0 Å². The fourth-order valence-corrected chi connectivity index (χ4v) is 2.04. The van der Waals surface area contributed by atoms with Crippen LogP contribution < -0.4 is 11.1 Å². The molecule has 24 heavy (non-hydrogen) atoms. The summed E-state index contributed by atoms with van der Waals surface area (Å²) in [6.45, 7) is 2.98. The molecule has 3 N–H and O–H groups in total. The zero-order chi connectivity index (χ0) is 17.7. The molecule has 8 nitrogen and oxygen atoms in total. The van der Waals surface area contributed by atoms with Gasteiger partial charge in [0, 0.05) is 11.3 Å². The van der Waals surface area contributed by atoms with Crippen molar-refractivity contribution in [3.63, 3.8) is 0 Å². The van der Waals surface area contributed by atoms with Crippen molar-refractivity contribution in [2.75, 3.05) is 11.9 Å². The minimum atomic E-state index is -0.662. The van der Waals surface area contributed by atoms with E-state index in [0.29, 0.717) is 29.1 Å².